The van der Waals surface area contributed by atoms with Gasteiger partial charge in [-0.05, 0) is 31.4 Å². The molecule has 0 spiro atoms. The summed E-state index contributed by atoms with van der Waals surface area (Å²) in [6, 6.07) is 7.30. The third-order valence-corrected chi connectivity index (χ3v) is 3.86. The number of nitrogens with zero attached hydrogens (tertiary/aromatic N) is 2. The minimum absolute atomic E-state index is 0.0756. The van der Waals surface area contributed by atoms with Gasteiger partial charge in [-0.25, -0.2) is 4.98 Å². The topological polar surface area (TPSA) is 46.3 Å². The molecule has 0 saturated carbocycles. The van der Waals surface area contributed by atoms with Crippen LogP contribution in [0.3, 0.4) is 0 Å². The number of carbonyl (C=O) groups excluding carboxylic acids is 1. The maximum absolute atomic E-state index is 12.5. The number of likely N-dealkylation sites (tertiary alicyclic amines) is 1. The Hall–Kier alpha value is -1.81. The predicted octanol–water partition coefficient (Wildman–Crippen LogP) is 3.62. The van der Waals surface area contributed by atoms with Crippen molar-refractivity contribution in [3.8, 4) is 11.3 Å². The number of aromatic nitrogens is 1. The van der Waals surface area contributed by atoms with E-state index in [1.54, 1.807) is 6.07 Å². The molecule has 20 heavy (non-hydrogen) atoms. The zero-order valence-corrected chi connectivity index (χ0v) is 11.8. The van der Waals surface area contributed by atoms with Crippen LogP contribution in [0.2, 0.25) is 5.02 Å². The second-order valence-electron chi connectivity index (χ2n) is 4.86. The maximum Gasteiger partial charge on any atom is 0.276 e. The van der Waals surface area contributed by atoms with Crippen LogP contribution in [-0.2, 0) is 0 Å². The summed E-state index contributed by atoms with van der Waals surface area (Å²) in [6.45, 7) is 1.57. The van der Waals surface area contributed by atoms with Gasteiger partial charge in [0.1, 0.15) is 0 Å². The molecule has 1 aliphatic rings. The summed E-state index contributed by atoms with van der Waals surface area (Å²) >= 11 is 6.17. The van der Waals surface area contributed by atoms with Gasteiger partial charge < -0.3 is 9.32 Å². The molecule has 4 nitrogen and oxygen atoms in total. The standard InChI is InChI=1S/C15H15ClN2O2/c16-12-7-3-2-6-11(12)14-13(17-10-20-14)15(19)18-8-4-1-5-9-18/h2-3,6-7,10H,1,4-5,8-9H2. The molecular formula is C15H15ClN2O2. The number of hydrogen-bond acceptors (Lipinski definition) is 3. The number of oxazole rings is 1. The van der Waals surface area contributed by atoms with Gasteiger partial charge in [-0.2, -0.15) is 0 Å². The Balaban J connectivity index is 1.94. The van der Waals surface area contributed by atoms with Gasteiger partial charge >= 0.3 is 0 Å². The third kappa shape index (κ3) is 2.43. The molecular weight excluding hydrogens is 276 g/mol. The van der Waals surface area contributed by atoms with Crippen LogP contribution >= 0.6 is 11.6 Å². The van der Waals surface area contributed by atoms with E-state index in [0.717, 1.165) is 25.9 Å². The lowest BCUT2D eigenvalue weighted by molar-refractivity contribution is 0.0719. The third-order valence-electron chi connectivity index (χ3n) is 3.53. The van der Waals surface area contributed by atoms with Crippen LogP contribution in [0.5, 0.6) is 0 Å². The maximum atomic E-state index is 12.5. The fraction of sp³-hybridized carbons (Fsp3) is 0.333. The first kappa shape index (κ1) is 13.2. The van der Waals surface area contributed by atoms with E-state index in [1.165, 1.54) is 12.8 Å². The normalized spacial score (nSPS) is 15.3. The molecule has 1 saturated heterocycles. The highest BCUT2D eigenvalue weighted by molar-refractivity contribution is 6.33. The van der Waals surface area contributed by atoms with E-state index in [-0.39, 0.29) is 5.91 Å². The van der Waals surface area contributed by atoms with Crippen LogP contribution in [0.4, 0.5) is 0 Å². The van der Waals surface area contributed by atoms with E-state index in [9.17, 15) is 4.79 Å². The molecule has 3 rings (SSSR count). The summed E-state index contributed by atoms with van der Waals surface area (Å²) in [5, 5.41) is 0.553. The molecule has 104 valence electrons. The predicted molar refractivity (Wildman–Crippen MR) is 76.7 cm³/mol. The number of hydrogen-bond donors (Lipinski definition) is 0. The molecule has 0 unspecified atom stereocenters. The van der Waals surface area contributed by atoms with Gasteiger partial charge in [0.05, 0.1) is 5.02 Å². The molecule has 1 aliphatic heterocycles. The minimum atomic E-state index is -0.0756. The summed E-state index contributed by atoms with van der Waals surface area (Å²) in [4.78, 5) is 18.5. The van der Waals surface area contributed by atoms with Gasteiger partial charge in [0.2, 0.25) is 0 Å². The van der Waals surface area contributed by atoms with Crippen molar-refractivity contribution >= 4 is 17.5 Å². The molecule has 1 aromatic heterocycles. The van der Waals surface area contributed by atoms with Crippen molar-refractivity contribution in [3.05, 3.63) is 41.4 Å². The average Bonchev–Trinajstić information content (AvgIpc) is 2.97. The number of carbonyl (C=O) groups is 1. The number of rotatable bonds is 2. The molecule has 0 bridgehead atoms. The second-order valence-corrected chi connectivity index (χ2v) is 5.27. The Morgan fingerprint density at radius 3 is 2.70 bits per heavy atom. The van der Waals surface area contributed by atoms with Crippen LogP contribution in [0.15, 0.2) is 35.1 Å². The first-order valence-electron chi connectivity index (χ1n) is 6.75. The van der Waals surface area contributed by atoms with Crippen LogP contribution in [0.25, 0.3) is 11.3 Å². The van der Waals surface area contributed by atoms with Crippen molar-refractivity contribution in [1.82, 2.24) is 9.88 Å². The van der Waals surface area contributed by atoms with E-state index in [4.69, 9.17) is 16.0 Å². The van der Waals surface area contributed by atoms with E-state index in [1.807, 2.05) is 23.1 Å². The number of benzene rings is 1. The van der Waals surface area contributed by atoms with Crippen molar-refractivity contribution in [2.45, 2.75) is 19.3 Å². The molecule has 1 aromatic carbocycles. The molecule has 1 amide bonds. The summed E-state index contributed by atoms with van der Waals surface area (Å²) in [5.74, 6) is 0.375. The van der Waals surface area contributed by atoms with Crippen LogP contribution in [-0.4, -0.2) is 28.9 Å². The summed E-state index contributed by atoms with van der Waals surface area (Å²) in [5.41, 5.74) is 1.05. The Bertz CT molecular complexity index is 618. The van der Waals surface area contributed by atoms with Gasteiger partial charge in [0.25, 0.3) is 5.91 Å². The van der Waals surface area contributed by atoms with E-state index in [2.05, 4.69) is 4.98 Å². The van der Waals surface area contributed by atoms with Crippen molar-refractivity contribution in [1.29, 1.82) is 0 Å². The second kappa shape index (κ2) is 5.67. The van der Waals surface area contributed by atoms with Crippen molar-refractivity contribution in [2.24, 2.45) is 0 Å². The summed E-state index contributed by atoms with van der Waals surface area (Å²) < 4.78 is 5.40. The van der Waals surface area contributed by atoms with Crippen molar-refractivity contribution in [2.75, 3.05) is 13.1 Å². The first-order chi connectivity index (χ1) is 9.77. The highest BCUT2D eigenvalue weighted by Gasteiger charge is 2.25. The Labute approximate surface area is 122 Å². The Morgan fingerprint density at radius 1 is 1.20 bits per heavy atom. The largest absolute Gasteiger partial charge is 0.443 e. The zero-order chi connectivity index (χ0) is 13.9. The average molecular weight is 291 g/mol. The van der Waals surface area contributed by atoms with Crippen molar-refractivity contribution < 1.29 is 9.21 Å². The lowest BCUT2D eigenvalue weighted by Crippen LogP contribution is -2.36. The lowest BCUT2D eigenvalue weighted by Gasteiger charge is -2.26. The minimum Gasteiger partial charge on any atom is -0.443 e. The van der Waals surface area contributed by atoms with Gasteiger partial charge in [-0.15, -0.1) is 0 Å². The highest BCUT2D eigenvalue weighted by atomic mass is 35.5. The van der Waals surface area contributed by atoms with Crippen LogP contribution < -0.4 is 0 Å². The number of halogens is 1. The SMILES string of the molecule is O=C(c1ncoc1-c1ccccc1Cl)N1CCCCC1. The van der Waals surface area contributed by atoms with E-state index >= 15 is 0 Å². The van der Waals surface area contributed by atoms with E-state index in [0.29, 0.717) is 22.0 Å². The van der Waals surface area contributed by atoms with Gasteiger partial charge in [0.15, 0.2) is 17.8 Å². The molecule has 5 heteroatoms. The molecule has 1 fully saturated rings. The summed E-state index contributed by atoms with van der Waals surface area (Å²) in [7, 11) is 0. The lowest BCUT2D eigenvalue weighted by atomic mass is 10.1. The molecule has 0 radical (unpaired) electrons. The molecule has 2 heterocycles. The smallest absolute Gasteiger partial charge is 0.276 e. The first-order valence-corrected chi connectivity index (χ1v) is 7.13. The molecule has 2 aromatic rings. The summed E-state index contributed by atoms with van der Waals surface area (Å²) in [6.07, 6.45) is 4.58. The molecule has 0 aliphatic carbocycles. The van der Waals surface area contributed by atoms with Gasteiger partial charge in [-0.1, -0.05) is 23.7 Å². The van der Waals surface area contributed by atoms with Crippen molar-refractivity contribution in [3.63, 3.8) is 0 Å². The van der Waals surface area contributed by atoms with E-state index < -0.39 is 0 Å². The number of amides is 1. The fourth-order valence-electron chi connectivity index (χ4n) is 2.48. The van der Waals surface area contributed by atoms with Crippen LogP contribution in [0.1, 0.15) is 29.8 Å². The molecule has 0 N–H and O–H groups in total. The van der Waals surface area contributed by atoms with Gasteiger partial charge in [0, 0.05) is 18.7 Å². The van der Waals surface area contributed by atoms with Crippen LogP contribution in [0, 0.1) is 0 Å². The Morgan fingerprint density at radius 2 is 1.95 bits per heavy atom. The number of piperidine rings is 1. The fourth-order valence-corrected chi connectivity index (χ4v) is 2.70. The van der Waals surface area contributed by atoms with Gasteiger partial charge in [-0.3, -0.25) is 4.79 Å². The monoisotopic (exact) mass is 290 g/mol. The highest BCUT2D eigenvalue weighted by Crippen LogP contribution is 2.30. The zero-order valence-electron chi connectivity index (χ0n) is 11.0. The quantitative estimate of drug-likeness (QED) is 0.848. The Kier molecular flexibility index (Phi) is 3.74. The molecule has 0 atom stereocenters.